The average molecular weight is 287 g/mol. The van der Waals surface area contributed by atoms with Gasteiger partial charge in [0.15, 0.2) is 0 Å². The number of hydrogen-bond acceptors (Lipinski definition) is 3. The Balaban J connectivity index is 1.97. The van der Waals surface area contributed by atoms with E-state index in [9.17, 15) is 4.79 Å². The lowest BCUT2D eigenvalue weighted by atomic mass is 9.79. The number of nitrogens with one attached hydrogen (secondary N) is 1. The van der Waals surface area contributed by atoms with Crippen molar-refractivity contribution in [3.63, 3.8) is 0 Å². The molecule has 0 aliphatic carbocycles. The van der Waals surface area contributed by atoms with E-state index in [2.05, 4.69) is 4.98 Å². The maximum absolute atomic E-state index is 11.0. The number of benzene rings is 1. The molecule has 1 saturated heterocycles. The van der Waals surface area contributed by atoms with Crippen molar-refractivity contribution in [3.05, 3.63) is 30.0 Å². The number of H-pyrrole nitrogens is 1. The Morgan fingerprint density at radius 3 is 2.33 bits per heavy atom. The zero-order chi connectivity index (χ0) is 15.4. The van der Waals surface area contributed by atoms with E-state index < -0.39 is 24.3 Å². The van der Waals surface area contributed by atoms with Crippen LogP contribution in [0.5, 0.6) is 0 Å². The van der Waals surface area contributed by atoms with Crippen molar-refractivity contribution >= 4 is 29.5 Å². The SMILES string of the molecule is CC1(C)OB(c2ccc3[nH]c(C(=O)O)cc3c2)OC1(C)C. The zero-order valence-electron chi connectivity index (χ0n) is 12.6. The number of aromatic nitrogens is 1. The number of carboxylic acid groups (broad SMARTS) is 1. The van der Waals surface area contributed by atoms with Gasteiger partial charge in [0.1, 0.15) is 5.69 Å². The van der Waals surface area contributed by atoms with Crippen LogP contribution < -0.4 is 5.46 Å². The van der Waals surface area contributed by atoms with Crippen molar-refractivity contribution in [2.24, 2.45) is 0 Å². The van der Waals surface area contributed by atoms with Crippen LogP contribution in [-0.4, -0.2) is 34.4 Å². The number of aromatic amines is 1. The van der Waals surface area contributed by atoms with Crippen molar-refractivity contribution in [1.29, 1.82) is 0 Å². The highest BCUT2D eigenvalue weighted by Crippen LogP contribution is 2.36. The summed E-state index contributed by atoms with van der Waals surface area (Å²) < 4.78 is 12.0. The van der Waals surface area contributed by atoms with Crippen molar-refractivity contribution in [1.82, 2.24) is 4.98 Å². The Hall–Kier alpha value is -1.79. The third-order valence-corrected chi connectivity index (χ3v) is 4.40. The fraction of sp³-hybridized carbons (Fsp3) is 0.400. The number of fused-ring (bicyclic) bond motifs is 1. The predicted molar refractivity (Wildman–Crippen MR) is 81.0 cm³/mol. The maximum atomic E-state index is 11.0. The summed E-state index contributed by atoms with van der Waals surface area (Å²) >= 11 is 0. The Labute approximate surface area is 123 Å². The second-order valence-corrected chi connectivity index (χ2v) is 6.42. The highest BCUT2D eigenvalue weighted by molar-refractivity contribution is 6.62. The second kappa shape index (κ2) is 4.35. The summed E-state index contributed by atoms with van der Waals surface area (Å²) in [4.78, 5) is 13.9. The van der Waals surface area contributed by atoms with E-state index >= 15 is 0 Å². The highest BCUT2D eigenvalue weighted by atomic mass is 16.7. The molecule has 0 bridgehead atoms. The molecule has 2 N–H and O–H groups in total. The van der Waals surface area contributed by atoms with Gasteiger partial charge in [-0.1, -0.05) is 12.1 Å². The summed E-state index contributed by atoms with van der Waals surface area (Å²) in [5.74, 6) is -0.969. The van der Waals surface area contributed by atoms with E-state index in [1.807, 2.05) is 45.9 Å². The van der Waals surface area contributed by atoms with Crippen LogP contribution >= 0.6 is 0 Å². The molecular formula is C15H18BNO4. The topological polar surface area (TPSA) is 71.6 Å². The molecule has 1 aromatic carbocycles. The van der Waals surface area contributed by atoms with Gasteiger partial charge in [-0.15, -0.1) is 0 Å². The van der Waals surface area contributed by atoms with Gasteiger partial charge in [0.05, 0.1) is 11.2 Å². The quantitative estimate of drug-likeness (QED) is 0.830. The number of aromatic carboxylic acids is 1. The monoisotopic (exact) mass is 287 g/mol. The standard InChI is InChI=1S/C15H18BNO4/c1-14(2)15(3,4)21-16(20-14)10-5-6-11-9(7-10)8-12(17-11)13(18)19/h5-8,17H,1-4H3,(H,18,19). The molecule has 6 heteroatoms. The lowest BCUT2D eigenvalue weighted by Crippen LogP contribution is -2.41. The van der Waals surface area contributed by atoms with E-state index in [-0.39, 0.29) is 5.69 Å². The first-order valence-corrected chi connectivity index (χ1v) is 6.91. The Morgan fingerprint density at radius 1 is 1.14 bits per heavy atom. The first-order valence-electron chi connectivity index (χ1n) is 6.91. The predicted octanol–water partition coefficient (Wildman–Crippen LogP) is 2.17. The van der Waals surface area contributed by atoms with Crippen LogP contribution in [-0.2, 0) is 9.31 Å². The minimum absolute atomic E-state index is 0.177. The molecule has 2 heterocycles. The number of hydrogen-bond donors (Lipinski definition) is 2. The molecule has 3 rings (SSSR count). The summed E-state index contributed by atoms with van der Waals surface area (Å²) in [6, 6.07) is 7.27. The summed E-state index contributed by atoms with van der Waals surface area (Å²) in [6.45, 7) is 8.02. The van der Waals surface area contributed by atoms with Crippen LogP contribution in [0.4, 0.5) is 0 Å². The van der Waals surface area contributed by atoms with Crippen LogP contribution in [0, 0.1) is 0 Å². The smallest absolute Gasteiger partial charge is 0.477 e. The summed E-state index contributed by atoms with van der Waals surface area (Å²) in [6.07, 6.45) is 0. The fourth-order valence-corrected chi connectivity index (χ4v) is 2.39. The van der Waals surface area contributed by atoms with E-state index in [1.165, 1.54) is 0 Å². The summed E-state index contributed by atoms with van der Waals surface area (Å²) in [7, 11) is -0.442. The molecule has 110 valence electrons. The van der Waals surface area contributed by atoms with Gasteiger partial charge >= 0.3 is 13.1 Å². The summed E-state index contributed by atoms with van der Waals surface area (Å²) in [5.41, 5.74) is 1.06. The van der Waals surface area contributed by atoms with Gasteiger partial charge in [0.2, 0.25) is 0 Å². The molecular weight excluding hydrogens is 269 g/mol. The van der Waals surface area contributed by atoms with Crippen LogP contribution in [0.2, 0.25) is 0 Å². The van der Waals surface area contributed by atoms with Crippen LogP contribution in [0.3, 0.4) is 0 Å². The maximum Gasteiger partial charge on any atom is 0.494 e. The number of carboxylic acids is 1. The van der Waals surface area contributed by atoms with Gasteiger partial charge in [-0.05, 0) is 50.7 Å². The molecule has 21 heavy (non-hydrogen) atoms. The molecule has 0 unspecified atom stereocenters. The Morgan fingerprint density at radius 2 is 1.76 bits per heavy atom. The van der Waals surface area contributed by atoms with Crippen molar-refractivity contribution < 1.29 is 19.2 Å². The van der Waals surface area contributed by atoms with Crippen LogP contribution in [0.15, 0.2) is 24.3 Å². The van der Waals surface area contributed by atoms with Crippen molar-refractivity contribution in [2.75, 3.05) is 0 Å². The van der Waals surface area contributed by atoms with Gasteiger partial charge in [0.25, 0.3) is 0 Å². The Kier molecular flexibility index (Phi) is 2.94. The van der Waals surface area contributed by atoms with E-state index in [0.29, 0.717) is 0 Å². The molecule has 1 aromatic heterocycles. The number of rotatable bonds is 2. The minimum atomic E-state index is -0.969. The van der Waals surface area contributed by atoms with E-state index in [1.54, 1.807) is 6.07 Å². The molecule has 5 nitrogen and oxygen atoms in total. The minimum Gasteiger partial charge on any atom is -0.477 e. The third-order valence-electron chi connectivity index (χ3n) is 4.40. The van der Waals surface area contributed by atoms with Crippen molar-refractivity contribution in [3.8, 4) is 0 Å². The van der Waals surface area contributed by atoms with E-state index in [0.717, 1.165) is 16.4 Å². The lowest BCUT2D eigenvalue weighted by molar-refractivity contribution is 0.00578. The van der Waals surface area contributed by atoms with E-state index in [4.69, 9.17) is 14.4 Å². The number of carbonyl (C=O) groups is 1. The molecule has 0 atom stereocenters. The summed E-state index contributed by atoms with van der Waals surface area (Å²) in [5, 5.41) is 9.86. The van der Waals surface area contributed by atoms with Gasteiger partial charge in [0, 0.05) is 5.52 Å². The van der Waals surface area contributed by atoms with Gasteiger partial charge in [-0.3, -0.25) is 0 Å². The molecule has 1 fully saturated rings. The lowest BCUT2D eigenvalue weighted by Gasteiger charge is -2.32. The van der Waals surface area contributed by atoms with Gasteiger partial charge < -0.3 is 19.4 Å². The Bertz CT molecular complexity index is 704. The average Bonchev–Trinajstić information content (AvgIpc) is 2.88. The first-order chi connectivity index (χ1) is 9.69. The normalized spacial score (nSPS) is 20.1. The third kappa shape index (κ3) is 2.24. The zero-order valence-corrected chi connectivity index (χ0v) is 12.6. The molecule has 1 aliphatic rings. The van der Waals surface area contributed by atoms with Gasteiger partial charge in [-0.2, -0.15) is 0 Å². The molecule has 0 radical (unpaired) electrons. The second-order valence-electron chi connectivity index (χ2n) is 6.42. The molecule has 1 aliphatic heterocycles. The molecule has 0 saturated carbocycles. The van der Waals surface area contributed by atoms with Crippen molar-refractivity contribution in [2.45, 2.75) is 38.9 Å². The molecule has 0 amide bonds. The highest BCUT2D eigenvalue weighted by Gasteiger charge is 2.51. The van der Waals surface area contributed by atoms with Crippen LogP contribution in [0.25, 0.3) is 10.9 Å². The molecule has 2 aromatic rings. The fourth-order valence-electron chi connectivity index (χ4n) is 2.39. The largest absolute Gasteiger partial charge is 0.494 e. The van der Waals surface area contributed by atoms with Crippen LogP contribution in [0.1, 0.15) is 38.2 Å². The van der Waals surface area contributed by atoms with Gasteiger partial charge in [-0.25, -0.2) is 4.79 Å². The molecule has 0 spiro atoms. The first kappa shape index (κ1) is 14.2.